The second-order valence-electron chi connectivity index (χ2n) is 7.68. The summed E-state index contributed by atoms with van der Waals surface area (Å²) >= 11 is 0. The van der Waals surface area contributed by atoms with Crippen molar-refractivity contribution in [3.8, 4) is 6.07 Å². The number of rotatable bonds is 8. The number of aliphatic hydroxyl groups is 1. The molecule has 0 spiro atoms. The summed E-state index contributed by atoms with van der Waals surface area (Å²) in [6.45, 7) is 10.8. The number of nitrogens with zero attached hydrogens (tertiary/aromatic N) is 3. The minimum Gasteiger partial charge on any atom is -0.543 e. The first-order chi connectivity index (χ1) is 14.4. The van der Waals surface area contributed by atoms with E-state index in [0.717, 1.165) is 12.8 Å². The topological polar surface area (TPSA) is 106 Å². The molecule has 0 saturated carbocycles. The van der Waals surface area contributed by atoms with Gasteiger partial charge >= 0.3 is 0 Å². The molecule has 10 nitrogen and oxygen atoms in total. The van der Waals surface area contributed by atoms with Gasteiger partial charge in [-0.25, -0.2) is 10.1 Å². The summed E-state index contributed by atoms with van der Waals surface area (Å²) < 4.78 is 22.4. The van der Waals surface area contributed by atoms with Gasteiger partial charge in [0, 0.05) is 68.9 Å². The van der Waals surface area contributed by atoms with Gasteiger partial charge in [0.2, 0.25) is 0 Å². The van der Waals surface area contributed by atoms with E-state index >= 15 is 0 Å². The Bertz CT molecular complexity index is 636. The van der Waals surface area contributed by atoms with Gasteiger partial charge in [0.15, 0.2) is 8.38 Å². The van der Waals surface area contributed by atoms with E-state index in [-0.39, 0.29) is 92.6 Å². The van der Waals surface area contributed by atoms with Crippen molar-refractivity contribution in [1.82, 2.24) is 10.1 Å². The number of ether oxygens (including phenoxy) is 2. The maximum Gasteiger partial charge on any atom is 0.168 e. The van der Waals surface area contributed by atoms with Gasteiger partial charge in [-0.05, 0) is 24.9 Å². The Hall–Kier alpha value is 1.66. The van der Waals surface area contributed by atoms with Crippen molar-refractivity contribution >= 4 is 8.38 Å². The van der Waals surface area contributed by atoms with Crippen LogP contribution in [-0.2, 0) is 28.2 Å². The number of nitriles is 1. The molecule has 4 rings (SSSR count). The normalized spacial score (nSPS) is 38.4. The zero-order valence-electron chi connectivity index (χ0n) is 19.2. The van der Waals surface area contributed by atoms with Crippen LogP contribution in [0.2, 0.25) is 0 Å². The van der Waals surface area contributed by atoms with Crippen LogP contribution in [0.15, 0.2) is 0 Å². The Morgan fingerprint density at radius 3 is 2.09 bits per heavy atom. The first-order valence-electron chi connectivity index (χ1n) is 10.1. The Kier molecular flexibility index (Phi) is 13.7. The van der Waals surface area contributed by atoms with E-state index in [0.29, 0.717) is 13.1 Å². The molecular weight excluding hydrogens is 889 g/mol. The van der Waals surface area contributed by atoms with Crippen molar-refractivity contribution in [3.63, 3.8) is 0 Å². The fourth-order valence-corrected chi connectivity index (χ4v) is 5.33. The summed E-state index contributed by atoms with van der Waals surface area (Å²) in [7, 11) is 2.19. The molecule has 4 bridgehead atoms. The number of hydroxylamine groups is 4. The molecule has 1 unspecified atom stereocenters. The van der Waals surface area contributed by atoms with Crippen LogP contribution in [0.3, 0.4) is 0 Å². The predicted octanol–water partition coefficient (Wildman–Crippen LogP) is 1.37. The zero-order chi connectivity index (χ0) is 21.9. The minimum absolute atomic E-state index is 0. The molecule has 7 atom stereocenters. The minimum atomic E-state index is -1.08. The molecule has 4 aliphatic heterocycles. The van der Waals surface area contributed by atoms with Crippen molar-refractivity contribution in [1.29, 1.82) is 5.26 Å². The van der Waals surface area contributed by atoms with Crippen LogP contribution in [0.5, 0.6) is 0 Å². The first kappa shape index (κ1) is 31.7. The predicted molar refractivity (Wildman–Crippen MR) is 107 cm³/mol. The van der Waals surface area contributed by atoms with Crippen molar-refractivity contribution in [2.75, 3.05) is 40.6 Å². The molecule has 0 radical (unpaired) electrons. The Morgan fingerprint density at radius 2 is 1.59 bits per heavy atom. The molecule has 4 aliphatic rings. The first-order valence-corrected chi connectivity index (χ1v) is 11.7. The summed E-state index contributed by atoms with van der Waals surface area (Å²) in [6, 6.07) is 1.85. The summed E-state index contributed by atoms with van der Waals surface area (Å²) in [5, 5.41) is 21.9. The SMILES string of the molecule is CC[C@]12CN(OC)[C@H]([CH-]O1)[C@H]2O.CC[C@]12CN(OC)[C@H]([CH-]O1)[C@H]2OP(C)OCC#N.[U].[U]. The molecule has 4 fully saturated rings. The fraction of sp³-hybridized carbons (Fsp3) is 0.842. The van der Waals surface area contributed by atoms with Crippen LogP contribution in [0.4, 0.5) is 0 Å². The van der Waals surface area contributed by atoms with Crippen LogP contribution in [0, 0.1) is 86.8 Å². The molecule has 0 aliphatic carbocycles. The molecule has 0 aromatic rings. The second-order valence-corrected chi connectivity index (χ2v) is 9.03. The smallest absolute Gasteiger partial charge is 0.168 e. The summed E-state index contributed by atoms with van der Waals surface area (Å²) in [5.41, 5.74) is -0.770. The van der Waals surface area contributed by atoms with E-state index in [9.17, 15) is 5.11 Å². The van der Waals surface area contributed by atoms with Crippen molar-refractivity contribution in [2.24, 2.45) is 0 Å². The van der Waals surface area contributed by atoms with Crippen LogP contribution in [0.1, 0.15) is 26.7 Å². The van der Waals surface area contributed by atoms with E-state index in [4.69, 9.17) is 33.5 Å². The van der Waals surface area contributed by atoms with E-state index < -0.39 is 20.1 Å². The van der Waals surface area contributed by atoms with Gasteiger partial charge in [-0.15, -0.1) is 0 Å². The Morgan fingerprint density at radius 1 is 1.06 bits per heavy atom. The van der Waals surface area contributed by atoms with Crippen molar-refractivity contribution in [3.05, 3.63) is 13.2 Å². The average molecular weight is 922 g/mol. The summed E-state index contributed by atoms with van der Waals surface area (Å²) in [5.74, 6) is 0. The van der Waals surface area contributed by atoms with Gasteiger partial charge in [0.25, 0.3) is 0 Å². The van der Waals surface area contributed by atoms with Crippen molar-refractivity contribution in [2.45, 2.75) is 62.2 Å². The molecule has 32 heavy (non-hydrogen) atoms. The quantitative estimate of drug-likeness (QED) is 0.284. The van der Waals surface area contributed by atoms with Crippen LogP contribution < -0.4 is 0 Å². The van der Waals surface area contributed by atoms with Gasteiger partial charge in [0.05, 0.1) is 56.8 Å². The van der Waals surface area contributed by atoms with Gasteiger partial charge in [0.1, 0.15) is 6.61 Å². The maximum atomic E-state index is 9.80. The van der Waals surface area contributed by atoms with E-state index in [2.05, 4.69) is 6.92 Å². The Labute approximate surface area is 239 Å². The summed E-state index contributed by atoms with van der Waals surface area (Å²) in [6.07, 6.45) is 1.10. The number of aliphatic hydroxyl groups excluding tert-OH is 1. The average Bonchev–Trinajstić information content (AvgIpc) is 3.47. The molecule has 0 aromatic carbocycles. The van der Waals surface area contributed by atoms with Gasteiger partial charge in [-0.2, -0.15) is 18.5 Å². The van der Waals surface area contributed by atoms with Crippen LogP contribution in [-0.4, -0.2) is 91.3 Å². The number of hydrogen-bond acceptors (Lipinski definition) is 10. The molecule has 4 heterocycles. The van der Waals surface area contributed by atoms with Crippen LogP contribution >= 0.6 is 8.38 Å². The molecule has 0 aromatic heterocycles. The van der Waals surface area contributed by atoms with Gasteiger partial charge < -0.3 is 33.3 Å². The number of morpholine rings is 2. The molecule has 13 heteroatoms. The van der Waals surface area contributed by atoms with E-state index in [1.807, 2.05) is 24.7 Å². The third-order valence-corrected chi connectivity index (χ3v) is 7.34. The Balaban J connectivity index is 0.000000321. The largest absolute Gasteiger partial charge is 0.543 e. The third kappa shape index (κ3) is 6.13. The fourth-order valence-electron chi connectivity index (χ4n) is 4.40. The van der Waals surface area contributed by atoms with Crippen LogP contribution in [0.25, 0.3) is 0 Å². The molecular formula is C19H32N3O7PU2-2. The maximum absolute atomic E-state index is 9.80. The van der Waals surface area contributed by atoms with Gasteiger partial charge in [-0.1, -0.05) is 13.8 Å². The number of fused-ring (bicyclic) bond motifs is 4. The van der Waals surface area contributed by atoms with Crippen molar-refractivity contribution < 1.29 is 95.5 Å². The number of hydrogen-bond donors (Lipinski definition) is 1. The molecule has 0 amide bonds. The monoisotopic (exact) mass is 921 g/mol. The standard InChI is InChI=1S/C11H18N2O4P.C8H14NO3.2U/c1-4-11-8-13(14-2)9(7-15-11)10(11)17-18(3)16-6-5-12;1-3-8-5-9(11-2)6(4-12-8)7(8)10;;/h7,9-10H,4,6,8H2,1-3H3;4,6-7,10H,3,5H2,1-2H3;;/q2*-1;;/t9-,10-,11-,18?;6-,7-,8-;;/m11../s1. The molecule has 4 saturated heterocycles. The molecule has 1 N–H and O–H groups in total. The van der Waals surface area contributed by atoms with Gasteiger partial charge in [-0.3, -0.25) is 0 Å². The third-order valence-electron chi connectivity index (χ3n) is 6.33. The molecule has 180 valence electrons. The van der Waals surface area contributed by atoms with E-state index in [1.54, 1.807) is 32.5 Å². The second kappa shape index (κ2) is 13.8. The zero-order valence-corrected chi connectivity index (χ0v) is 28.4. The van der Waals surface area contributed by atoms with E-state index in [1.165, 1.54) is 0 Å². The summed E-state index contributed by atoms with van der Waals surface area (Å²) in [4.78, 5) is 10.4.